The molecule has 4 N–H and O–H groups in total. The highest BCUT2D eigenvalue weighted by atomic mass is 16.3. The number of hydrogen-bond acceptors (Lipinski definition) is 4. The van der Waals surface area contributed by atoms with Crippen LogP contribution in [-0.2, 0) is 4.79 Å². The lowest BCUT2D eigenvalue weighted by molar-refractivity contribution is -0.121. The molecule has 0 aliphatic heterocycles. The van der Waals surface area contributed by atoms with E-state index in [2.05, 4.69) is 10.3 Å². The number of amides is 1. The van der Waals surface area contributed by atoms with Crippen LogP contribution in [0.1, 0.15) is 32.1 Å². The summed E-state index contributed by atoms with van der Waals surface area (Å²) in [5.41, 5.74) is 2.12. The lowest BCUT2D eigenvalue weighted by Gasteiger charge is -2.37. The summed E-state index contributed by atoms with van der Waals surface area (Å²) in [4.78, 5) is 13.2. The summed E-state index contributed by atoms with van der Waals surface area (Å²) in [5, 5.41) is 8.92. The second-order valence-electron chi connectivity index (χ2n) is 4.02. The fraction of sp³-hybridized carbons (Fsp3) is 0.900. The Morgan fingerprint density at radius 1 is 1.47 bits per heavy atom. The van der Waals surface area contributed by atoms with Gasteiger partial charge in [-0.3, -0.25) is 15.1 Å². The van der Waals surface area contributed by atoms with Gasteiger partial charge in [0.15, 0.2) is 0 Å². The normalized spacial score (nSPS) is 16.5. The average Bonchev–Trinajstić information content (AvgIpc) is 2.15. The second-order valence-corrected chi connectivity index (χ2v) is 4.02. The first-order chi connectivity index (χ1) is 7.27. The molecule has 1 rings (SSSR count). The van der Waals surface area contributed by atoms with Crippen LogP contribution in [0.25, 0.3) is 0 Å². The summed E-state index contributed by atoms with van der Waals surface area (Å²) in [6, 6.07) is 0.623. The van der Waals surface area contributed by atoms with E-state index >= 15 is 0 Å². The Bertz CT molecular complexity index is 195. The molecule has 0 heterocycles. The molecule has 1 fully saturated rings. The molecule has 88 valence electrons. The van der Waals surface area contributed by atoms with Crippen LogP contribution in [0, 0.1) is 0 Å². The SMILES string of the molecule is NNC(=O)CCCN(CCO)C1CCC1. The molecule has 0 radical (unpaired) electrons. The van der Waals surface area contributed by atoms with Crippen LogP contribution in [0.5, 0.6) is 0 Å². The van der Waals surface area contributed by atoms with Gasteiger partial charge in [0.2, 0.25) is 5.91 Å². The first kappa shape index (κ1) is 12.4. The van der Waals surface area contributed by atoms with E-state index in [1.807, 2.05) is 0 Å². The standard InChI is InChI=1S/C10H21N3O2/c11-12-10(15)5-2-6-13(7-8-14)9-3-1-4-9/h9,14H,1-8,11H2,(H,12,15). The lowest BCUT2D eigenvalue weighted by atomic mass is 9.91. The Labute approximate surface area is 90.6 Å². The Balaban J connectivity index is 2.16. The zero-order valence-corrected chi connectivity index (χ0v) is 9.11. The summed E-state index contributed by atoms with van der Waals surface area (Å²) < 4.78 is 0. The first-order valence-corrected chi connectivity index (χ1v) is 5.62. The van der Waals surface area contributed by atoms with Crippen LogP contribution in [0.3, 0.4) is 0 Å². The van der Waals surface area contributed by atoms with Gasteiger partial charge in [-0.25, -0.2) is 5.84 Å². The fourth-order valence-corrected chi connectivity index (χ4v) is 1.87. The van der Waals surface area contributed by atoms with E-state index < -0.39 is 0 Å². The molecule has 5 nitrogen and oxygen atoms in total. The topological polar surface area (TPSA) is 78.6 Å². The number of aliphatic hydroxyl groups excluding tert-OH is 1. The van der Waals surface area contributed by atoms with Crippen molar-refractivity contribution in [3.8, 4) is 0 Å². The van der Waals surface area contributed by atoms with Crippen molar-refractivity contribution in [3.63, 3.8) is 0 Å². The fourth-order valence-electron chi connectivity index (χ4n) is 1.87. The molecule has 5 heteroatoms. The van der Waals surface area contributed by atoms with Crippen molar-refractivity contribution in [2.75, 3.05) is 19.7 Å². The van der Waals surface area contributed by atoms with Crippen molar-refractivity contribution in [1.82, 2.24) is 10.3 Å². The minimum Gasteiger partial charge on any atom is -0.395 e. The van der Waals surface area contributed by atoms with Gasteiger partial charge in [0.1, 0.15) is 0 Å². The van der Waals surface area contributed by atoms with E-state index in [1.165, 1.54) is 19.3 Å². The van der Waals surface area contributed by atoms with Gasteiger partial charge in [-0.2, -0.15) is 0 Å². The number of hydrazine groups is 1. The smallest absolute Gasteiger partial charge is 0.233 e. The molecule has 0 bridgehead atoms. The Hall–Kier alpha value is -0.650. The van der Waals surface area contributed by atoms with Gasteiger partial charge in [-0.1, -0.05) is 6.42 Å². The van der Waals surface area contributed by atoms with Gasteiger partial charge in [0.25, 0.3) is 0 Å². The van der Waals surface area contributed by atoms with Crippen LogP contribution in [0.4, 0.5) is 0 Å². The van der Waals surface area contributed by atoms with Gasteiger partial charge in [0.05, 0.1) is 6.61 Å². The predicted molar refractivity (Wildman–Crippen MR) is 57.9 cm³/mol. The monoisotopic (exact) mass is 215 g/mol. The lowest BCUT2D eigenvalue weighted by Crippen LogP contribution is -2.42. The highest BCUT2D eigenvalue weighted by Crippen LogP contribution is 2.24. The molecule has 0 atom stereocenters. The van der Waals surface area contributed by atoms with Crippen LogP contribution < -0.4 is 11.3 Å². The van der Waals surface area contributed by atoms with E-state index in [0.717, 1.165) is 19.5 Å². The summed E-state index contributed by atoms with van der Waals surface area (Å²) in [7, 11) is 0. The number of hydrogen-bond donors (Lipinski definition) is 3. The number of carbonyl (C=O) groups excluding carboxylic acids is 1. The van der Waals surface area contributed by atoms with Crippen molar-refractivity contribution in [1.29, 1.82) is 0 Å². The zero-order valence-electron chi connectivity index (χ0n) is 9.11. The van der Waals surface area contributed by atoms with Crippen molar-refractivity contribution < 1.29 is 9.90 Å². The zero-order chi connectivity index (χ0) is 11.1. The van der Waals surface area contributed by atoms with Gasteiger partial charge >= 0.3 is 0 Å². The molecule has 0 aromatic carbocycles. The van der Waals surface area contributed by atoms with Crippen LogP contribution in [-0.4, -0.2) is 41.7 Å². The molecule has 0 unspecified atom stereocenters. The molecular formula is C10H21N3O2. The number of nitrogens with one attached hydrogen (secondary N) is 1. The molecule has 0 saturated heterocycles. The van der Waals surface area contributed by atoms with E-state index in [4.69, 9.17) is 10.9 Å². The number of carbonyl (C=O) groups is 1. The molecular weight excluding hydrogens is 194 g/mol. The third-order valence-corrected chi connectivity index (χ3v) is 2.99. The molecule has 1 saturated carbocycles. The maximum Gasteiger partial charge on any atom is 0.233 e. The molecule has 0 aromatic heterocycles. The maximum atomic E-state index is 10.9. The Morgan fingerprint density at radius 2 is 2.20 bits per heavy atom. The van der Waals surface area contributed by atoms with E-state index in [-0.39, 0.29) is 12.5 Å². The van der Waals surface area contributed by atoms with Crippen molar-refractivity contribution >= 4 is 5.91 Å². The number of aliphatic hydroxyl groups is 1. The van der Waals surface area contributed by atoms with Crippen molar-refractivity contribution in [3.05, 3.63) is 0 Å². The molecule has 0 spiro atoms. The Morgan fingerprint density at radius 3 is 2.67 bits per heavy atom. The summed E-state index contributed by atoms with van der Waals surface area (Å²) in [5.74, 6) is 4.87. The number of nitrogens with two attached hydrogens (primary N) is 1. The molecule has 1 amide bonds. The molecule has 0 aromatic rings. The third kappa shape index (κ3) is 4.15. The van der Waals surface area contributed by atoms with Crippen LogP contribution in [0.15, 0.2) is 0 Å². The third-order valence-electron chi connectivity index (χ3n) is 2.99. The van der Waals surface area contributed by atoms with E-state index in [9.17, 15) is 4.79 Å². The van der Waals surface area contributed by atoms with Gasteiger partial charge in [0, 0.05) is 19.0 Å². The van der Waals surface area contributed by atoms with Crippen LogP contribution >= 0.6 is 0 Å². The van der Waals surface area contributed by atoms with Crippen molar-refractivity contribution in [2.24, 2.45) is 5.84 Å². The molecule has 1 aliphatic carbocycles. The molecule has 1 aliphatic rings. The molecule has 15 heavy (non-hydrogen) atoms. The maximum absolute atomic E-state index is 10.9. The first-order valence-electron chi connectivity index (χ1n) is 5.62. The summed E-state index contributed by atoms with van der Waals surface area (Å²) >= 11 is 0. The number of nitrogens with zero attached hydrogens (tertiary/aromatic N) is 1. The Kier molecular flexibility index (Phi) is 5.60. The predicted octanol–water partition coefficient (Wildman–Crippen LogP) is -0.397. The largest absolute Gasteiger partial charge is 0.395 e. The summed E-state index contributed by atoms with van der Waals surface area (Å²) in [6.45, 7) is 1.78. The number of rotatable bonds is 7. The minimum atomic E-state index is -0.118. The van der Waals surface area contributed by atoms with E-state index in [0.29, 0.717) is 12.5 Å². The highest BCUT2D eigenvalue weighted by molar-refractivity contribution is 5.75. The van der Waals surface area contributed by atoms with Crippen LogP contribution in [0.2, 0.25) is 0 Å². The average molecular weight is 215 g/mol. The van der Waals surface area contributed by atoms with E-state index in [1.54, 1.807) is 0 Å². The van der Waals surface area contributed by atoms with Gasteiger partial charge in [-0.15, -0.1) is 0 Å². The summed E-state index contributed by atoms with van der Waals surface area (Å²) in [6.07, 6.45) is 5.01. The second kappa shape index (κ2) is 6.76. The minimum absolute atomic E-state index is 0.118. The van der Waals surface area contributed by atoms with Gasteiger partial charge in [-0.05, 0) is 25.8 Å². The highest BCUT2D eigenvalue weighted by Gasteiger charge is 2.23. The van der Waals surface area contributed by atoms with Gasteiger partial charge < -0.3 is 5.11 Å². The quantitative estimate of drug-likeness (QED) is 0.307. The van der Waals surface area contributed by atoms with Crippen molar-refractivity contribution in [2.45, 2.75) is 38.1 Å².